The first kappa shape index (κ1) is 15.1. The Morgan fingerprint density at radius 2 is 2.25 bits per heavy atom. The van der Waals surface area contributed by atoms with Gasteiger partial charge in [0, 0.05) is 19.1 Å². The number of nitrogens with one attached hydrogen (secondary N) is 1. The molecule has 0 radical (unpaired) electrons. The maximum atomic E-state index is 12.3. The number of hydrogen-bond acceptors (Lipinski definition) is 4. The van der Waals surface area contributed by atoms with Gasteiger partial charge in [0.1, 0.15) is 6.26 Å². The Hall–Kier alpha value is -1.34. The second-order valence-corrected chi connectivity index (χ2v) is 7.05. The molecule has 7 heteroatoms. The monoisotopic (exact) mass is 300 g/mol. The topological polar surface area (TPSA) is 79.6 Å². The molecule has 0 spiro atoms. The average molecular weight is 300 g/mol. The van der Waals surface area contributed by atoms with Crippen LogP contribution in [0.4, 0.5) is 0 Å². The lowest BCUT2D eigenvalue weighted by Crippen LogP contribution is -2.40. The van der Waals surface area contributed by atoms with E-state index < -0.39 is 10.0 Å². The normalized spacial score (nSPS) is 23.2. The van der Waals surface area contributed by atoms with E-state index in [-0.39, 0.29) is 17.9 Å². The van der Waals surface area contributed by atoms with Crippen LogP contribution < -0.4 is 4.72 Å². The highest BCUT2D eigenvalue weighted by Gasteiger charge is 2.36. The second-order valence-electron chi connectivity index (χ2n) is 5.27. The van der Waals surface area contributed by atoms with E-state index in [1.165, 1.54) is 12.5 Å². The molecule has 2 rings (SSSR count). The van der Waals surface area contributed by atoms with Crippen LogP contribution in [-0.4, -0.2) is 44.6 Å². The highest BCUT2D eigenvalue weighted by Crippen LogP contribution is 2.24. The molecule has 1 fully saturated rings. The van der Waals surface area contributed by atoms with Gasteiger partial charge in [-0.15, -0.1) is 0 Å². The molecule has 20 heavy (non-hydrogen) atoms. The first-order valence-corrected chi connectivity index (χ1v) is 8.58. The molecule has 1 aliphatic heterocycles. The number of amides is 1. The zero-order valence-electron chi connectivity index (χ0n) is 11.7. The number of furan rings is 1. The van der Waals surface area contributed by atoms with Crippen LogP contribution in [0.5, 0.6) is 0 Å². The molecule has 0 aromatic carbocycles. The third-order valence-electron chi connectivity index (χ3n) is 3.52. The molecule has 1 N–H and O–H groups in total. The first-order chi connectivity index (χ1) is 9.40. The van der Waals surface area contributed by atoms with Crippen LogP contribution in [0.2, 0.25) is 0 Å². The summed E-state index contributed by atoms with van der Waals surface area (Å²) in [6.07, 6.45) is 5.87. The van der Waals surface area contributed by atoms with Crippen LogP contribution in [0, 0.1) is 5.92 Å². The van der Waals surface area contributed by atoms with Crippen LogP contribution in [0.3, 0.4) is 0 Å². The van der Waals surface area contributed by atoms with Crippen LogP contribution in [0.15, 0.2) is 23.0 Å². The molecule has 0 aliphatic carbocycles. The predicted octanol–water partition coefficient (Wildman–Crippen LogP) is 1.07. The maximum absolute atomic E-state index is 12.3. The first-order valence-electron chi connectivity index (χ1n) is 6.69. The van der Waals surface area contributed by atoms with Crippen molar-refractivity contribution in [3.8, 4) is 0 Å². The van der Waals surface area contributed by atoms with Crippen LogP contribution in [-0.2, 0) is 10.0 Å². The molecule has 1 aromatic heterocycles. The van der Waals surface area contributed by atoms with Gasteiger partial charge in [0.25, 0.3) is 5.91 Å². The fraction of sp³-hybridized carbons (Fsp3) is 0.615. The lowest BCUT2D eigenvalue weighted by atomic mass is 9.99. The Balaban J connectivity index is 2.09. The Kier molecular flexibility index (Phi) is 4.49. The summed E-state index contributed by atoms with van der Waals surface area (Å²) >= 11 is 0. The van der Waals surface area contributed by atoms with Crippen molar-refractivity contribution >= 4 is 15.9 Å². The molecule has 2 atom stereocenters. The van der Waals surface area contributed by atoms with E-state index in [4.69, 9.17) is 4.42 Å². The van der Waals surface area contributed by atoms with E-state index in [0.717, 1.165) is 19.1 Å². The molecule has 1 amide bonds. The van der Waals surface area contributed by atoms with Crippen molar-refractivity contribution in [1.82, 2.24) is 9.62 Å². The van der Waals surface area contributed by atoms with Gasteiger partial charge in [0.2, 0.25) is 10.0 Å². The van der Waals surface area contributed by atoms with Crippen molar-refractivity contribution in [2.75, 3.05) is 19.3 Å². The van der Waals surface area contributed by atoms with Crippen molar-refractivity contribution in [3.63, 3.8) is 0 Å². The molecule has 1 saturated heterocycles. The van der Waals surface area contributed by atoms with Gasteiger partial charge in [-0.2, -0.15) is 0 Å². The highest BCUT2D eigenvalue weighted by atomic mass is 32.2. The Labute approximate surface area is 119 Å². The predicted molar refractivity (Wildman–Crippen MR) is 74.8 cm³/mol. The van der Waals surface area contributed by atoms with Gasteiger partial charge < -0.3 is 9.32 Å². The van der Waals surface area contributed by atoms with Gasteiger partial charge in [-0.25, -0.2) is 13.1 Å². The molecule has 1 aliphatic rings. The van der Waals surface area contributed by atoms with E-state index in [9.17, 15) is 13.2 Å². The second kappa shape index (κ2) is 5.97. The summed E-state index contributed by atoms with van der Waals surface area (Å²) in [7, 11) is -3.27. The molecule has 6 nitrogen and oxygen atoms in total. The highest BCUT2D eigenvalue weighted by molar-refractivity contribution is 7.88. The van der Waals surface area contributed by atoms with Crippen LogP contribution in [0.1, 0.15) is 30.1 Å². The van der Waals surface area contributed by atoms with Gasteiger partial charge in [-0.3, -0.25) is 4.79 Å². The zero-order chi connectivity index (χ0) is 14.8. The van der Waals surface area contributed by atoms with Gasteiger partial charge in [-0.1, -0.05) is 13.3 Å². The molecule has 2 heterocycles. The summed E-state index contributed by atoms with van der Waals surface area (Å²) in [4.78, 5) is 13.9. The Morgan fingerprint density at radius 1 is 1.50 bits per heavy atom. The Bertz CT molecular complexity index is 553. The molecule has 112 valence electrons. The van der Waals surface area contributed by atoms with E-state index in [1.54, 1.807) is 11.0 Å². The largest absolute Gasteiger partial charge is 0.472 e. The SMILES string of the molecule is CCC[C@@H]1CN(C(=O)c2ccoc2)C[C@H]1NS(C)(=O)=O. The minimum atomic E-state index is -3.27. The fourth-order valence-electron chi connectivity index (χ4n) is 2.68. The van der Waals surface area contributed by atoms with Crippen molar-refractivity contribution in [2.24, 2.45) is 5.92 Å². The summed E-state index contributed by atoms with van der Waals surface area (Å²) in [6.45, 7) is 3.03. The van der Waals surface area contributed by atoms with Crippen molar-refractivity contribution in [2.45, 2.75) is 25.8 Å². The number of hydrogen-bond donors (Lipinski definition) is 1. The zero-order valence-corrected chi connectivity index (χ0v) is 12.5. The smallest absolute Gasteiger partial charge is 0.257 e. The van der Waals surface area contributed by atoms with E-state index in [0.29, 0.717) is 18.7 Å². The lowest BCUT2D eigenvalue weighted by Gasteiger charge is -2.17. The number of rotatable bonds is 5. The maximum Gasteiger partial charge on any atom is 0.257 e. The standard InChI is InChI=1S/C13H20N2O4S/c1-3-4-10-7-15(8-12(10)14-20(2,17)18)13(16)11-5-6-19-9-11/h5-6,9-10,12,14H,3-4,7-8H2,1-2H3/t10-,12-/m1/s1. The summed E-state index contributed by atoms with van der Waals surface area (Å²) in [5.74, 6) is 0.0447. The van der Waals surface area contributed by atoms with Gasteiger partial charge in [0.15, 0.2) is 0 Å². The minimum absolute atomic E-state index is 0.113. The summed E-state index contributed by atoms with van der Waals surface area (Å²) < 4.78 is 30.4. The number of carbonyl (C=O) groups excluding carboxylic acids is 1. The van der Waals surface area contributed by atoms with Gasteiger partial charge in [0.05, 0.1) is 18.1 Å². The molecule has 0 bridgehead atoms. The summed E-state index contributed by atoms with van der Waals surface area (Å²) in [5, 5.41) is 0. The number of sulfonamides is 1. The van der Waals surface area contributed by atoms with Crippen LogP contribution >= 0.6 is 0 Å². The van der Waals surface area contributed by atoms with E-state index in [1.807, 2.05) is 0 Å². The van der Waals surface area contributed by atoms with Gasteiger partial charge >= 0.3 is 0 Å². The van der Waals surface area contributed by atoms with Gasteiger partial charge in [-0.05, 0) is 18.4 Å². The minimum Gasteiger partial charge on any atom is -0.472 e. The quantitative estimate of drug-likeness (QED) is 0.882. The van der Waals surface area contributed by atoms with Crippen molar-refractivity contribution in [3.05, 3.63) is 24.2 Å². The lowest BCUT2D eigenvalue weighted by molar-refractivity contribution is 0.0784. The van der Waals surface area contributed by atoms with Crippen LogP contribution in [0.25, 0.3) is 0 Å². The fourth-order valence-corrected chi connectivity index (χ4v) is 3.49. The third-order valence-corrected chi connectivity index (χ3v) is 4.25. The summed E-state index contributed by atoms with van der Waals surface area (Å²) in [5.41, 5.74) is 0.500. The number of nitrogens with zero attached hydrogens (tertiary/aromatic N) is 1. The van der Waals surface area contributed by atoms with Crippen molar-refractivity contribution < 1.29 is 17.6 Å². The van der Waals surface area contributed by atoms with Crippen molar-refractivity contribution in [1.29, 1.82) is 0 Å². The summed E-state index contributed by atoms with van der Waals surface area (Å²) in [6, 6.07) is 1.41. The molecular formula is C13H20N2O4S. The van der Waals surface area contributed by atoms with E-state index in [2.05, 4.69) is 11.6 Å². The molecule has 0 unspecified atom stereocenters. The number of carbonyl (C=O) groups is 1. The molecule has 0 saturated carbocycles. The Morgan fingerprint density at radius 3 is 2.80 bits per heavy atom. The number of likely N-dealkylation sites (tertiary alicyclic amines) is 1. The molecule has 1 aromatic rings. The average Bonchev–Trinajstić information content (AvgIpc) is 2.97. The molecular weight excluding hydrogens is 280 g/mol. The van der Waals surface area contributed by atoms with E-state index >= 15 is 0 Å². The third kappa shape index (κ3) is 3.61.